The Morgan fingerprint density at radius 1 is 1.27 bits per heavy atom. The molecule has 0 saturated carbocycles. The van der Waals surface area contributed by atoms with E-state index in [1.165, 1.54) is 19.4 Å². The van der Waals surface area contributed by atoms with Crippen LogP contribution in [0.3, 0.4) is 0 Å². The molecule has 0 amide bonds. The fraction of sp³-hybridized carbons (Fsp3) is 1.00. The molecule has 1 rings (SSSR count). The van der Waals surface area contributed by atoms with Crippen molar-refractivity contribution in [1.29, 1.82) is 0 Å². The summed E-state index contributed by atoms with van der Waals surface area (Å²) in [5, 5.41) is 0. The number of hydrogen-bond donors (Lipinski definition) is 0. The highest BCUT2D eigenvalue weighted by atomic mass is 15.1. The molecular formula is C10H21N. The van der Waals surface area contributed by atoms with Crippen LogP contribution in [0.25, 0.3) is 0 Å². The molecule has 66 valence electrons. The molecule has 0 N–H and O–H groups in total. The lowest BCUT2D eigenvalue weighted by atomic mass is 9.89. The third kappa shape index (κ3) is 1.96. The molecule has 0 radical (unpaired) electrons. The minimum absolute atomic E-state index is 0.834. The molecule has 0 unspecified atom stereocenters. The zero-order valence-electron chi connectivity index (χ0n) is 8.30. The highest BCUT2D eigenvalue weighted by Crippen LogP contribution is 2.26. The zero-order valence-corrected chi connectivity index (χ0v) is 8.30. The van der Waals surface area contributed by atoms with Gasteiger partial charge >= 0.3 is 0 Å². The summed E-state index contributed by atoms with van der Waals surface area (Å²) in [7, 11) is 2.26. The Morgan fingerprint density at radius 3 is 2.27 bits per heavy atom. The Hall–Kier alpha value is -0.0400. The molecule has 1 fully saturated rings. The first kappa shape index (κ1) is 9.05. The molecule has 1 aliphatic rings. The Balaban J connectivity index is 2.45. The van der Waals surface area contributed by atoms with Gasteiger partial charge in [-0.15, -0.1) is 0 Å². The number of hydrogen-bond acceptors (Lipinski definition) is 1. The van der Waals surface area contributed by atoms with E-state index in [1.54, 1.807) is 0 Å². The predicted molar refractivity (Wildman–Crippen MR) is 49.7 cm³/mol. The van der Waals surface area contributed by atoms with Gasteiger partial charge in [0.05, 0.1) is 0 Å². The van der Waals surface area contributed by atoms with Gasteiger partial charge in [-0.05, 0) is 38.3 Å². The summed E-state index contributed by atoms with van der Waals surface area (Å²) in [6, 6.07) is 0.856. The average molecular weight is 155 g/mol. The normalized spacial score (nSPS) is 29.7. The van der Waals surface area contributed by atoms with Crippen LogP contribution in [0.2, 0.25) is 0 Å². The highest BCUT2D eigenvalue weighted by molar-refractivity contribution is 4.81. The van der Waals surface area contributed by atoms with Gasteiger partial charge in [0.2, 0.25) is 0 Å². The van der Waals surface area contributed by atoms with Crippen LogP contribution in [0.5, 0.6) is 0 Å². The minimum atomic E-state index is 0.834. The lowest BCUT2D eigenvalue weighted by Crippen LogP contribution is -2.33. The molecule has 0 bridgehead atoms. The highest BCUT2D eigenvalue weighted by Gasteiger charge is 2.27. The van der Waals surface area contributed by atoms with Crippen LogP contribution in [0.4, 0.5) is 0 Å². The first-order chi connectivity index (χ1) is 5.13. The van der Waals surface area contributed by atoms with E-state index in [9.17, 15) is 0 Å². The molecule has 0 spiro atoms. The largest absolute Gasteiger partial charge is 0.303 e. The number of rotatable bonds is 2. The van der Waals surface area contributed by atoms with E-state index in [2.05, 4.69) is 32.7 Å². The standard InChI is InChI=1S/C10H21N/c1-8(2)9(3)10-6-5-7-11(10)4/h8-10H,5-7H2,1-4H3/t9-,10+/m0/s1. The monoisotopic (exact) mass is 155 g/mol. The number of nitrogens with zero attached hydrogens (tertiary/aromatic N) is 1. The molecule has 0 aromatic heterocycles. The van der Waals surface area contributed by atoms with Crippen molar-refractivity contribution in [2.45, 2.75) is 39.7 Å². The zero-order chi connectivity index (χ0) is 8.43. The SMILES string of the molecule is CC(C)[C@H](C)[C@H]1CCCN1C. The first-order valence-corrected chi connectivity index (χ1v) is 4.83. The Labute approximate surface area is 70.8 Å². The van der Waals surface area contributed by atoms with Crippen molar-refractivity contribution in [1.82, 2.24) is 4.90 Å². The van der Waals surface area contributed by atoms with E-state index in [1.807, 2.05) is 0 Å². The molecule has 1 nitrogen and oxygen atoms in total. The predicted octanol–water partition coefficient (Wildman–Crippen LogP) is 2.37. The van der Waals surface area contributed by atoms with Crippen molar-refractivity contribution in [2.75, 3.05) is 13.6 Å². The van der Waals surface area contributed by atoms with Crippen molar-refractivity contribution < 1.29 is 0 Å². The topological polar surface area (TPSA) is 3.24 Å². The summed E-state index contributed by atoms with van der Waals surface area (Å²) >= 11 is 0. The van der Waals surface area contributed by atoms with Crippen LogP contribution in [0.15, 0.2) is 0 Å². The van der Waals surface area contributed by atoms with Gasteiger partial charge in [-0.25, -0.2) is 0 Å². The summed E-state index contributed by atoms with van der Waals surface area (Å²) in [6.45, 7) is 8.35. The number of likely N-dealkylation sites (tertiary alicyclic amines) is 1. The average Bonchev–Trinajstić information content (AvgIpc) is 2.33. The van der Waals surface area contributed by atoms with Gasteiger partial charge in [-0.3, -0.25) is 0 Å². The summed E-state index contributed by atoms with van der Waals surface area (Å²) < 4.78 is 0. The molecule has 0 aliphatic carbocycles. The minimum Gasteiger partial charge on any atom is -0.303 e. The smallest absolute Gasteiger partial charge is 0.0121 e. The van der Waals surface area contributed by atoms with Crippen molar-refractivity contribution >= 4 is 0 Å². The molecule has 11 heavy (non-hydrogen) atoms. The summed E-state index contributed by atoms with van der Waals surface area (Å²) in [4.78, 5) is 2.52. The summed E-state index contributed by atoms with van der Waals surface area (Å²) in [5.41, 5.74) is 0. The molecule has 1 saturated heterocycles. The molecule has 0 aromatic rings. The van der Waals surface area contributed by atoms with E-state index >= 15 is 0 Å². The van der Waals surface area contributed by atoms with Crippen molar-refractivity contribution in [2.24, 2.45) is 11.8 Å². The van der Waals surface area contributed by atoms with Crippen LogP contribution >= 0.6 is 0 Å². The molecule has 2 atom stereocenters. The fourth-order valence-electron chi connectivity index (χ4n) is 2.04. The molecule has 0 aromatic carbocycles. The van der Waals surface area contributed by atoms with Crippen LogP contribution < -0.4 is 0 Å². The van der Waals surface area contributed by atoms with E-state index in [0.29, 0.717) is 0 Å². The van der Waals surface area contributed by atoms with Crippen molar-refractivity contribution in [3.63, 3.8) is 0 Å². The third-order valence-electron chi connectivity index (χ3n) is 3.24. The van der Waals surface area contributed by atoms with Crippen LogP contribution in [-0.2, 0) is 0 Å². The Bertz CT molecular complexity index is 120. The van der Waals surface area contributed by atoms with E-state index < -0.39 is 0 Å². The summed E-state index contributed by atoms with van der Waals surface area (Å²) in [6.07, 6.45) is 2.81. The second kappa shape index (κ2) is 3.57. The van der Waals surface area contributed by atoms with E-state index in [-0.39, 0.29) is 0 Å². The van der Waals surface area contributed by atoms with Gasteiger partial charge in [-0.1, -0.05) is 20.8 Å². The van der Waals surface area contributed by atoms with Crippen LogP contribution in [0.1, 0.15) is 33.6 Å². The maximum absolute atomic E-state index is 2.52. The van der Waals surface area contributed by atoms with Gasteiger partial charge in [0, 0.05) is 6.04 Å². The Morgan fingerprint density at radius 2 is 1.91 bits per heavy atom. The van der Waals surface area contributed by atoms with Gasteiger partial charge < -0.3 is 4.90 Å². The lowest BCUT2D eigenvalue weighted by Gasteiger charge is -2.28. The van der Waals surface area contributed by atoms with Gasteiger partial charge in [0.1, 0.15) is 0 Å². The van der Waals surface area contributed by atoms with Gasteiger partial charge in [0.25, 0.3) is 0 Å². The van der Waals surface area contributed by atoms with Crippen molar-refractivity contribution in [3.8, 4) is 0 Å². The van der Waals surface area contributed by atoms with Gasteiger partial charge in [-0.2, -0.15) is 0 Å². The van der Waals surface area contributed by atoms with E-state index in [4.69, 9.17) is 0 Å². The van der Waals surface area contributed by atoms with Crippen LogP contribution in [-0.4, -0.2) is 24.5 Å². The Kier molecular flexibility index (Phi) is 2.94. The second-order valence-electron chi connectivity index (χ2n) is 4.29. The molecule has 1 heteroatoms. The van der Waals surface area contributed by atoms with Crippen LogP contribution in [0, 0.1) is 11.8 Å². The molecule has 1 heterocycles. The first-order valence-electron chi connectivity index (χ1n) is 4.83. The molecular weight excluding hydrogens is 134 g/mol. The summed E-state index contributed by atoms with van der Waals surface area (Å²) in [5.74, 6) is 1.70. The lowest BCUT2D eigenvalue weighted by molar-refractivity contribution is 0.199. The maximum atomic E-state index is 2.52. The fourth-order valence-corrected chi connectivity index (χ4v) is 2.04. The van der Waals surface area contributed by atoms with Crippen molar-refractivity contribution in [3.05, 3.63) is 0 Å². The molecule has 1 aliphatic heterocycles. The second-order valence-corrected chi connectivity index (χ2v) is 4.29. The third-order valence-corrected chi connectivity index (χ3v) is 3.24. The quantitative estimate of drug-likeness (QED) is 0.592. The maximum Gasteiger partial charge on any atom is 0.0121 e. The van der Waals surface area contributed by atoms with E-state index in [0.717, 1.165) is 17.9 Å². The van der Waals surface area contributed by atoms with Gasteiger partial charge in [0.15, 0.2) is 0 Å².